The molecule has 0 spiro atoms. The highest BCUT2D eigenvalue weighted by Crippen LogP contribution is 2.29. The van der Waals surface area contributed by atoms with Gasteiger partial charge in [0.1, 0.15) is 5.82 Å². The molecule has 3 rings (SSSR count). The van der Waals surface area contributed by atoms with Gasteiger partial charge < -0.3 is 9.67 Å². The number of fused-ring (bicyclic) bond motifs is 1. The van der Waals surface area contributed by atoms with Gasteiger partial charge in [0.25, 0.3) is 0 Å². The van der Waals surface area contributed by atoms with E-state index in [1.54, 1.807) is 11.3 Å². The van der Waals surface area contributed by atoms with Crippen LogP contribution in [0.4, 0.5) is 0 Å². The van der Waals surface area contributed by atoms with Gasteiger partial charge in [0.05, 0.1) is 4.88 Å². The fraction of sp³-hybridized carbons (Fsp3) is 0.500. The Morgan fingerprint density at radius 2 is 2.35 bits per heavy atom. The van der Waals surface area contributed by atoms with Crippen molar-refractivity contribution in [1.29, 1.82) is 0 Å². The van der Waals surface area contributed by atoms with Gasteiger partial charge in [-0.3, -0.25) is 0 Å². The molecule has 0 saturated heterocycles. The summed E-state index contributed by atoms with van der Waals surface area (Å²) < 4.78 is 2.19. The molecule has 0 aliphatic carbocycles. The van der Waals surface area contributed by atoms with E-state index in [0.29, 0.717) is 5.92 Å². The molecule has 3 heterocycles. The van der Waals surface area contributed by atoms with Crippen molar-refractivity contribution in [2.75, 3.05) is 6.61 Å². The smallest absolute Gasteiger partial charge is 0.174 e. The fourth-order valence-electron chi connectivity index (χ4n) is 2.29. The third-order valence-electron chi connectivity index (χ3n) is 3.28. The Labute approximate surface area is 104 Å². The minimum atomic E-state index is 0.250. The van der Waals surface area contributed by atoms with Crippen LogP contribution in [0.5, 0.6) is 0 Å². The second kappa shape index (κ2) is 4.23. The highest BCUT2D eigenvalue weighted by atomic mass is 32.1. The molecule has 1 aliphatic heterocycles. The van der Waals surface area contributed by atoms with Crippen LogP contribution in [0.1, 0.15) is 17.1 Å². The maximum Gasteiger partial charge on any atom is 0.174 e. The van der Waals surface area contributed by atoms with Crippen molar-refractivity contribution >= 4 is 11.3 Å². The largest absolute Gasteiger partial charge is 0.396 e. The van der Waals surface area contributed by atoms with Crippen LogP contribution in [0.15, 0.2) is 12.1 Å². The van der Waals surface area contributed by atoms with Gasteiger partial charge in [-0.2, -0.15) is 0 Å². The fourth-order valence-corrected chi connectivity index (χ4v) is 3.15. The molecule has 1 atom stereocenters. The van der Waals surface area contributed by atoms with Gasteiger partial charge in [0.2, 0.25) is 0 Å². The number of rotatable bonds is 2. The molecule has 0 bridgehead atoms. The Morgan fingerprint density at radius 1 is 1.47 bits per heavy atom. The summed E-state index contributed by atoms with van der Waals surface area (Å²) in [6, 6.07) is 4.22. The van der Waals surface area contributed by atoms with Crippen molar-refractivity contribution in [2.45, 2.75) is 26.3 Å². The molecule has 2 aromatic heterocycles. The topological polar surface area (TPSA) is 50.9 Å². The normalized spacial score (nSPS) is 19.3. The zero-order chi connectivity index (χ0) is 11.8. The predicted molar refractivity (Wildman–Crippen MR) is 67.0 cm³/mol. The lowest BCUT2D eigenvalue weighted by Crippen LogP contribution is -2.22. The molecule has 0 aromatic carbocycles. The van der Waals surface area contributed by atoms with Crippen molar-refractivity contribution in [2.24, 2.45) is 5.92 Å². The Hall–Kier alpha value is -1.20. The lowest BCUT2D eigenvalue weighted by atomic mass is 9.99. The van der Waals surface area contributed by atoms with Gasteiger partial charge in [0, 0.05) is 24.4 Å². The molecule has 2 aromatic rings. The third-order valence-corrected chi connectivity index (χ3v) is 4.28. The standard InChI is InChI=1S/C12H15N3OS/c1-8-2-3-10(17-8)12-14-13-11-6-9(7-16)4-5-15(11)12/h2-3,9,16H,4-7H2,1H3. The molecule has 90 valence electrons. The summed E-state index contributed by atoms with van der Waals surface area (Å²) in [4.78, 5) is 2.48. The first kappa shape index (κ1) is 10.9. The van der Waals surface area contributed by atoms with Crippen LogP contribution in [0.25, 0.3) is 10.7 Å². The van der Waals surface area contributed by atoms with E-state index < -0.39 is 0 Å². The highest BCUT2D eigenvalue weighted by Gasteiger charge is 2.23. The number of hydrogen-bond acceptors (Lipinski definition) is 4. The number of aliphatic hydroxyl groups excluding tert-OH is 1. The summed E-state index contributed by atoms with van der Waals surface area (Å²) in [6.45, 7) is 3.27. The van der Waals surface area contributed by atoms with E-state index in [-0.39, 0.29) is 6.61 Å². The van der Waals surface area contributed by atoms with E-state index in [1.165, 1.54) is 9.75 Å². The first-order valence-corrected chi connectivity index (χ1v) is 6.69. The Balaban J connectivity index is 1.96. The molecule has 17 heavy (non-hydrogen) atoms. The van der Waals surface area contributed by atoms with Crippen LogP contribution in [0.3, 0.4) is 0 Å². The number of hydrogen-bond donors (Lipinski definition) is 1. The van der Waals surface area contributed by atoms with Crippen LogP contribution in [0.2, 0.25) is 0 Å². The molecule has 1 unspecified atom stereocenters. The average molecular weight is 249 g/mol. The first-order valence-electron chi connectivity index (χ1n) is 5.87. The van der Waals surface area contributed by atoms with Crippen LogP contribution >= 0.6 is 11.3 Å². The number of thiophene rings is 1. The molecule has 4 nitrogen and oxygen atoms in total. The lowest BCUT2D eigenvalue weighted by molar-refractivity contribution is 0.199. The van der Waals surface area contributed by atoms with Crippen molar-refractivity contribution in [3.8, 4) is 10.7 Å². The van der Waals surface area contributed by atoms with Crippen LogP contribution < -0.4 is 0 Å². The maximum atomic E-state index is 9.19. The van der Waals surface area contributed by atoms with Gasteiger partial charge in [-0.1, -0.05) is 0 Å². The minimum Gasteiger partial charge on any atom is -0.396 e. The van der Waals surface area contributed by atoms with E-state index in [9.17, 15) is 5.11 Å². The number of aliphatic hydroxyl groups is 1. The predicted octanol–water partition coefficient (Wildman–Crippen LogP) is 1.87. The summed E-state index contributed by atoms with van der Waals surface area (Å²) in [5.41, 5.74) is 0. The lowest BCUT2D eigenvalue weighted by Gasteiger charge is -2.21. The highest BCUT2D eigenvalue weighted by molar-refractivity contribution is 7.15. The summed E-state index contributed by atoms with van der Waals surface area (Å²) in [6.07, 6.45) is 1.85. The molecule has 0 radical (unpaired) electrons. The van der Waals surface area contributed by atoms with Gasteiger partial charge in [-0.25, -0.2) is 0 Å². The summed E-state index contributed by atoms with van der Waals surface area (Å²) in [5, 5.41) is 17.7. The molecule has 1 aliphatic rings. The van der Waals surface area contributed by atoms with Crippen molar-refractivity contribution in [1.82, 2.24) is 14.8 Å². The van der Waals surface area contributed by atoms with E-state index in [1.807, 2.05) is 0 Å². The van der Waals surface area contributed by atoms with Crippen LogP contribution in [-0.4, -0.2) is 26.5 Å². The number of nitrogens with zero attached hydrogens (tertiary/aromatic N) is 3. The summed E-state index contributed by atoms with van der Waals surface area (Å²) in [7, 11) is 0. The second-order valence-electron chi connectivity index (χ2n) is 4.54. The molecular formula is C12H15N3OS. The zero-order valence-corrected chi connectivity index (χ0v) is 10.6. The van der Waals surface area contributed by atoms with Gasteiger partial charge in [0.15, 0.2) is 5.82 Å². The minimum absolute atomic E-state index is 0.250. The van der Waals surface area contributed by atoms with Gasteiger partial charge >= 0.3 is 0 Å². The Kier molecular flexibility index (Phi) is 2.72. The van der Waals surface area contributed by atoms with E-state index >= 15 is 0 Å². The molecule has 1 N–H and O–H groups in total. The van der Waals surface area contributed by atoms with Gasteiger partial charge in [-0.15, -0.1) is 21.5 Å². The molecule has 0 amide bonds. The second-order valence-corrected chi connectivity index (χ2v) is 5.83. The molecule has 0 saturated carbocycles. The monoisotopic (exact) mass is 249 g/mol. The first-order chi connectivity index (χ1) is 8.28. The van der Waals surface area contributed by atoms with Crippen molar-refractivity contribution < 1.29 is 5.11 Å². The SMILES string of the molecule is Cc1ccc(-c2nnc3n2CCC(CO)C3)s1. The molecule has 5 heteroatoms. The van der Waals surface area contributed by atoms with Crippen LogP contribution in [0, 0.1) is 12.8 Å². The van der Waals surface area contributed by atoms with E-state index in [4.69, 9.17) is 0 Å². The number of aromatic nitrogens is 3. The van der Waals surface area contributed by atoms with Crippen molar-refractivity contribution in [3.63, 3.8) is 0 Å². The summed E-state index contributed by atoms with van der Waals surface area (Å²) in [5.74, 6) is 2.34. The quantitative estimate of drug-likeness (QED) is 0.884. The van der Waals surface area contributed by atoms with Crippen LogP contribution in [-0.2, 0) is 13.0 Å². The summed E-state index contributed by atoms with van der Waals surface area (Å²) >= 11 is 1.75. The molecular weight excluding hydrogens is 234 g/mol. The van der Waals surface area contributed by atoms with Crippen molar-refractivity contribution in [3.05, 3.63) is 22.8 Å². The Morgan fingerprint density at radius 3 is 3.06 bits per heavy atom. The zero-order valence-electron chi connectivity index (χ0n) is 9.76. The average Bonchev–Trinajstić information content (AvgIpc) is 2.93. The van der Waals surface area contributed by atoms with E-state index in [0.717, 1.165) is 31.0 Å². The number of aryl methyl sites for hydroxylation is 1. The van der Waals surface area contributed by atoms with Gasteiger partial charge in [-0.05, 0) is 31.4 Å². The maximum absolute atomic E-state index is 9.19. The molecule has 0 fully saturated rings. The Bertz CT molecular complexity index is 532. The van der Waals surface area contributed by atoms with E-state index in [2.05, 4.69) is 33.8 Å². The third kappa shape index (κ3) is 1.89.